The van der Waals surface area contributed by atoms with E-state index >= 15 is 0 Å². The Morgan fingerprint density at radius 1 is 1.25 bits per heavy atom. The number of carbonyl (C=O) groups is 1. The van der Waals surface area contributed by atoms with E-state index in [1.54, 1.807) is 7.11 Å². The van der Waals surface area contributed by atoms with Gasteiger partial charge in [0.25, 0.3) is 0 Å². The molecule has 152 valence electrons. The summed E-state index contributed by atoms with van der Waals surface area (Å²) in [6, 6.07) is 7.32. The predicted molar refractivity (Wildman–Crippen MR) is 112 cm³/mol. The molecule has 0 N–H and O–H groups in total. The van der Waals surface area contributed by atoms with Crippen LogP contribution in [-0.2, 0) is 16.6 Å². The van der Waals surface area contributed by atoms with Crippen molar-refractivity contribution < 1.29 is 9.53 Å². The number of ether oxygens (including phenoxy) is 1. The van der Waals surface area contributed by atoms with Crippen LogP contribution in [0.2, 0.25) is 0 Å². The average Bonchev–Trinajstić information content (AvgIpc) is 2.65. The Morgan fingerprint density at radius 2 is 2.11 bits per heavy atom. The molecule has 0 amide bonds. The van der Waals surface area contributed by atoms with Gasteiger partial charge in [0.2, 0.25) is 0 Å². The Bertz CT molecular complexity index is 755. The van der Waals surface area contributed by atoms with E-state index in [-0.39, 0.29) is 5.41 Å². The molecule has 0 radical (unpaired) electrons. The van der Waals surface area contributed by atoms with E-state index in [0.717, 1.165) is 37.4 Å². The highest BCUT2D eigenvalue weighted by Gasteiger charge is 2.58. The van der Waals surface area contributed by atoms with Crippen molar-refractivity contribution in [2.45, 2.75) is 76.2 Å². The number of rotatable bonds is 5. The molecule has 1 saturated heterocycles. The van der Waals surface area contributed by atoms with Gasteiger partial charge in [-0.3, -0.25) is 9.69 Å². The van der Waals surface area contributed by atoms with Crippen molar-refractivity contribution >= 4 is 5.78 Å². The van der Waals surface area contributed by atoms with Crippen LogP contribution in [0.15, 0.2) is 18.2 Å². The molecule has 3 heteroatoms. The average molecular weight is 382 g/mol. The van der Waals surface area contributed by atoms with E-state index in [1.807, 2.05) is 0 Å². The van der Waals surface area contributed by atoms with Crippen LogP contribution in [-0.4, -0.2) is 36.9 Å². The normalized spacial score (nSPS) is 35.1. The van der Waals surface area contributed by atoms with Crippen LogP contribution >= 0.6 is 0 Å². The van der Waals surface area contributed by atoms with Crippen LogP contribution in [0.4, 0.5) is 0 Å². The molecule has 2 saturated carbocycles. The van der Waals surface area contributed by atoms with Crippen molar-refractivity contribution in [2.24, 2.45) is 17.8 Å². The molecule has 1 aromatic carbocycles. The number of likely N-dealkylation sites (tertiary alicyclic amines) is 1. The SMILES string of the molecule is CCC[C@H]1CC(=O)CC23CCN(CC4CCC4)C(Cc4ccc(OC)cc42)[C@H]13. The van der Waals surface area contributed by atoms with Gasteiger partial charge < -0.3 is 4.74 Å². The summed E-state index contributed by atoms with van der Waals surface area (Å²) in [5.41, 5.74) is 2.98. The van der Waals surface area contributed by atoms with Gasteiger partial charge in [-0.25, -0.2) is 0 Å². The second-order valence-corrected chi connectivity index (χ2v) is 9.99. The summed E-state index contributed by atoms with van der Waals surface area (Å²) in [5, 5.41) is 0. The molecule has 2 unspecified atom stereocenters. The number of hydrogen-bond donors (Lipinski definition) is 0. The fraction of sp³-hybridized carbons (Fsp3) is 0.720. The minimum Gasteiger partial charge on any atom is -0.497 e. The van der Waals surface area contributed by atoms with Gasteiger partial charge in [0.1, 0.15) is 11.5 Å². The van der Waals surface area contributed by atoms with Gasteiger partial charge in [0.05, 0.1) is 7.11 Å². The molecule has 0 aromatic heterocycles. The quantitative estimate of drug-likeness (QED) is 0.736. The van der Waals surface area contributed by atoms with Crippen LogP contribution in [0.25, 0.3) is 0 Å². The lowest BCUT2D eigenvalue weighted by Gasteiger charge is -2.61. The van der Waals surface area contributed by atoms with E-state index in [9.17, 15) is 4.79 Å². The molecule has 5 rings (SSSR count). The second-order valence-electron chi connectivity index (χ2n) is 9.99. The van der Waals surface area contributed by atoms with Crippen molar-refractivity contribution in [1.29, 1.82) is 0 Å². The number of methoxy groups -OCH3 is 1. The zero-order valence-corrected chi connectivity index (χ0v) is 17.6. The molecule has 0 spiro atoms. The van der Waals surface area contributed by atoms with Crippen LogP contribution < -0.4 is 4.74 Å². The number of fused-ring (bicyclic) bond motifs is 1. The highest BCUT2D eigenvalue weighted by Crippen LogP contribution is 2.58. The van der Waals surface area contributed by atoms with Gasteiger partial charge >= 0.3 is 0 Å². The largest absolute Gasteiger partial charge is 0.497 e. The third-order valence-electron chi connectivity index (χ3n) is 8.54. The highest BCUT2D eigenvalue weighted by atomic mass is 16.5. The monoisotopic (exact) mass is 381 g/mol. The van der Waals surface area contributed by atoms with Crippen molar-refractivity contribution in [3.63, 3.8) is 0 Å². The molecule has 2 bridgehead atoms. The number of benzene rings is 1. The Hall–Kier alpha value is -1.35. The Balaban J connectivity index is 1.58. The molecular formula is C25H35NO2. The first-order chi connectivity index (χ1) is 13.6. The van der Waals surface area contributed by atoms with E-state index in [0.29, 0.717) is 23.7 Å². The second kappa shape index (κ2) is 7.16. The van der Waals surface area contributed by atoms with Crippen LogP contribution in [0.1, 0.15) is 69.4 Å². The number of hydrogen-bond acceptors (Lipinski definition) is 3. The van der Waals surface area contributed by atoms with Crippen molar-refractivity contribution in [1.82, 2.24) is 4.90 Å². The lowest BCUT2D eigenvalue weighted by atomic mass is 9.48. The van der Waals surface area contributed by atoms with Crippen LogP contribution in [0.5, 0.6) is 5.75 Å². The predicted octanol–water partition coefficient (Wildman–Crippen LogP) is 4.76. The molecule has 4 aliphatic rings. The topological polar surface area (TPSA) is 29.5 Å². The van der Waals surface area contributed by atoms with E-state index < -0.39 is 0 Å². The first-order valence-corrected chi connectivity index (χ1v) is 11.6. The molecular weight excluding hydrogens is 346 g/mol. The van der Waals surface area contributed by atoms with Gasteiger partial charge in [-0.05, 0) is 79.7 Å². The highest BCUT2D eigenvalue weighted by molar-refractivity contribution is 5.82. The maximum atomic E-state index is 12.9. The van der Waals surface area contributed by atoms with Gasteiger partial charge in [0, 0.05) is 30.8 Å². The van der Waals surface area contributed by atoms with Crippen molar-refractivity contribution in [3.8, 4) is 5.75 Å². The lowest BCUT2D eigenvalue weighted by Crippen LogP contribution is -2.65. The Morgan fingerprint density at radius 3 is 2.82 bits per heavy atom. The van der Waals surface area contributed by atoms with Gasteiger partial charge in [-0.2, -0.15) is 0 Å². The minimum atomic E-state index is 0.0536. The smallest absolute Gasteiger partial charge is 0.134 e. The standard InChI is InChI=1S/C25H35NO2/c1-3-5-19-12-20(27)15-25-10-11-26(16-17-6-4-7-17)23(24(19)25)13-18-8-9-21(28-2)14-22(18)25/h8-9,14,17,19,23-24H,3-7,10-13,15-16H2,1-2H3/t19-,23?,24-,25?/m0/s1. The lowest BCUT2D eigenvalue weighted by molar-refractivity contribution is -0.132. The molecule has 1 aliphatic heterocycles. The van der Waals surface area contributed by atoms with E-state index in [1.165, 1.54) is 56.3 Å². The summed E-state index contributed by atoms with van der Waals surface area (Å²) >= 11 is 0. The van der Waals surface area contributed by atoms with Crippen LogP contribution in [0.3, 0.4) is 0 Å². The Kier molecular flexibility index (Phi) is 4.77. The first kappa shape index (κ1) is 18.7. The Labute approximate surface area is 169 Å². The van der Waals surface area contributed by atoms with Gasteiger partial charge in [0.15, 0.2) is 0 Å². The molecule has 3 nitrogen and oxygen atoms in total. The summed E-state index contributed by atoms with van der Waals surface area (Å²) in [6.45, 7) is 4.74. The molecule has 4 atom stereocenters. The van der Waals surface area contributed by atoms with Crippen molar-refractivity contribution in [3.05, 3.63) is 29.3 Å². The summed E-state index contributed by atoms with van der Waals surface area (Å²) < 4.78 is 5.60. The molecule has 28 heavy (non-hydrogen) atoms. The first-order valence-electron chi connectivity index (χ1n) is 11.6. The molecule has 1 heterocycles. The number of nitrogens with zero attached hydrogens (tertiary/aromatic N) is 1. The summed E-state index contributed by atoms with van der Waals surface area (Å²) in [7, 11) is 1.76. The summed E-state index contributed by atoms with van der Waals surface area (Å²) in [4.78, 5) is 15.8. The number of carbonyl (C=O) groups excluding carboxylic acids is 1. The molecule has 3 fully saturated rings. The van der Waals surface area contributed by atoms with E-state index in [4.69, 9.17) is 4.74 Å². The third-order valence-corrected chi connectivity index (χ3v) is 8.54. The van der Waals surface area contributed by atoms with Gasteiger partial charge in [-0.15, -0.1) is 0 Å². The fourth-order valence-electron chi connectivity index (χ4n) is 7.19. The van der Waals surface area contributed by atoms with Crippen molar-refractivity contribution in [2.75, 3.05) is 20.2 Å². The maximum absolute atomic E-state index is 12.9. The van der Waals surface area contributed by atoms with E-state index in [2.05, 4.69) is 30.0 Å². The minimum absolute atomic E-state index is 0.0536. The summed E-state index contributed by atoms with van der Waals surface area (Å²) in [5.74, 6) is 3.56. The maximum Gasteiger partial charge on any atom is 0.134 e. The molecule has 1 aromatic rings. The fourth-order valence-corrected chi connectivity index (χ4v) is 7.19. The third kappa shape index (κ3) is 2.84. The van der Waals surface area contributed by atoms with Gasteiger partial charge in [-0.1, -0.05) is 25.8 Å². The number of Topliss-reactive ketones (excluding diaryl/α,β-unsaturated/α-hetero) is 1. The van der Waals surface area contributed by atoms with Crippen LogP contribution in [0, 0.1) is 17.8 Å². The number of ketones is 1. The number of piperidine rings is 1. The summed E-state index contributed by atoms with van der Waals surface area (Å²) in [6.07, 6.45) is 10.5. The molecule has 3 aliphatic carbocycles. The zero-order chi connectivity index (χ0) is 19.3. The zero-order valence-electron chi connectivity index (χ0n) is 17.6.